The number of aryl methyl sites for hydroxylation is 2. The highest BCUT2D eigenvalue weighted by atomic mass is 127. The number of piperazine rings is 1. The second-order valence-electron chi connectivity index (χ2n) is 7.39. The number of hydrogen-bond donors (Lipinski definition) is 1. The van der Waals surface area contributed by atoms with Crippen molar-refractivity contribution in [1.29, 1.82) is 0 Å². The first-order chi connectivity index (χ1) is 14.3. The molecule has 0 saturated carbocycles. The molecule has 0 aliphatic carbocycles. The number of rotatable bonds is 7. The van der Waals surface area contributed by atoms with Gasteiger partial charge in [-0.15, -0.1) is 24.0 Å². The van der Waals surface area contributed by atoms with Crippen LogP contribution in [-0.2, 0) is 29.2 Å². The summed E-state index contributed by atoms with van der Waals surface area (Å²) in [6.45, 7) is 9.57. The van der Waals surface area contributed by atoms with Gasteiger partial charge in [0.05, 0.1) is 11.4 Å². The average Bonchev–Trinajstić information content (AvgIpc) is 3.30. The van der Waals surface area contributed by atoms with Crippen LogP contribution in [0.1, 0.15) is 29.6 Å². The maximum Gasteiger partial charge on any atom is 0.220 e. The van der Waals surface area contributed by atoms with Gasteiger partial charge in [-0.25, -0.2) is 8.42 Å². The Hall–Kier alpha value is -1.67. The van der Waals surface area contributed by atoms with Crippen molar-refractivity contribution >= 4 is 40.0 Å². The largest absolute Gasteiger partial charge is 0.364 e. The van der Waals surface area contributed by atoms with E-state index in [4.69, 9.17) is 9.52 Å². The van der Waals surface area contributed by atoms with Gasteiger partial charge in [0.15, 0.2) is 5.96 Å². The Labute approximate surface area is 201 Å². The van der Waals surface area contributed by atoms with Crippen LogP contribution in [0.15, 0.2) is 21.8 Å². The number of halogens is 1. The van der Waals surface area contributed by atoms with Gasteiger partial charge in [-0.3, -0.25) is 9.67 Å². The first kappa shape index (κ1) is 25.6. The molecule has 1 fully saturated rings. The van der Waals surface area contributed by atoms with Gasteiger partial charge in [0, 0.05) is 58.1 Å². The normalized spacial score (nSPS) is 15.7. The van der Waals surface area contributed by atoms with Crippen LogP contribution in [0.2, 0.25) is 0 Å². The molecular formula is C19H32IN7O3S. The number of nitrogens with one attached hydrogen (secondary N) is 1. The Bertz CT molecular complexity index is 965. The van der Waals surface area contributed by atoms with Gasteiger partial charge in [-0.1, -0.05) is 5.16 Å². The smallest absolute Gasteiger partial charge is 0.220 e. The molecule has 0 aromatic carbocycles. The van der Waals surface area contributed by atoms with E-state index in [0.717, 1.165) is 24.6 Å². The van der Waals surface area contributed by atoms with Gasteiger partial charge in [0.1, 0.15) is 12.0 Å². The summed E-state index contributed by atoms with van der Waals surface area (Å²) in [5.41, 5.74) is 3.87. The van der Waals surface area contributed by atoms with Gasteiger partial charge in [0.2, 0.25) is 10.0 Å². The van der Waals surface area contributed by atoms with Crippen LogP contribution in [0.3, 0.4) is 0 Å². The molecule has 31 heavy (non-hydrogen) atoms. The zero-order valence-corrected chi connectivity index (χ0v) is 21.7. The molecule has 2 aromatic rings. The third-order valence-corrected chi connectivity index (χ3v) is 7.18. The monoisotopic (exact) mass is 565 g/mol. The summed E-state index contributed by atoms with van der Waals surface area (Å²) in [6.07, 6.45) is 2.21. The maximum atomic E-state index is 12.6. The van der Waals surface area contributed by atoms with E-state index < -0.39 is 10.0 Å². The lowest BCUT2D eigenvalue weighted by atomic mass is 10.1. The van der Waals surface area contributed by atoms with E-state index in [-0.39, 0.29) is 29.7 Å². The Kier molecular flexibility index (Phi) is 9.30. The topological polar surface area (TPSA) is 109 Å². The molecule has 3 rings (SSSR count). The van der Waals surface area contributed by atoms with Crippen molar-refractivity contribution in [3.63, 3.8) is 0 Å². The zero-order chi connectivity index (χ0) is 21.7. The van der Waals surface area contributed by atoms with Crippen LogP contribution in [0.5, 0.6) is 0 Å². The fourth-order valence-corrected chi connectivity index (χ4v) is 5.07. The quantitative estimate of drug-likeness (QED) is 0.306. The van der Waals surface area contributed by atoms with Gasteiger partial charge >= 0.3 is 0 Å². The highest BCUT2D eigenvalue weighted by molar-refractivity contribution is 14.0. The van der Waals surface area contributed by atoms with Crippen molar-refractivity contribution in [2.75, 3.05) is 39.3 Å². The van der Waals surface area contributed by atoms with Crippen molar-refractivity contribution in [2.24, 2.45) is 12.0 Å². The molecule has 0 atom stereocenters. The molecular weight excluding hydrogens is 533 g/mol. The van der Waals surface area contributed by atoms with E-state index in [9.17, 15) is 8.42 Å². The van der Waals surface area contributed by atoms with Crippen LogP contribution in [-0.4, -0.2) is 77.8 Å². The fraction of sp³-hybridized carbons (Fsp3) is 0.632. The number of hydrogen-bond acceptors (Lipinski definition) is 6. The van der Waals surface area contributed by atoms with Crippen molar-refractivity contribution in [1.82, 2.24) is 29.5 Å². The molecule has 0 amide bonds. The van der Waals surface area contributed by atoms with Crippen LogP contribution in [0.4, 0.5) is 0 Å². The second-order valence-corrected chi connectivity index (χ2v) is 9.36. The SMILES string of the molecule is CCNC(=NCCc1c(C)nn(C)c1C)N1CCN(S(=O)(=O)Cc2ccon2)CC1.I. The summed E-state index contributed by atoms with van der Waals surface area (Å²) in [6, 6.07) is 1.58. The lowest BCUT2D eigenvalue weighted by Gasteiger charge is -2.35. The van der Waals surface area contributed by atoms with Gasteiger partial charge in [-0.05, 0) is 32.8 Å². The molecule has 1 aliphatic rings. The zero-order valence-electron chi connectivity index (χ0n) is 18.5. The summed E-state index contributed by atoms with van der Waals surface area (Å²) >= 11 is 0. The van der Waals surface area contributed by atoms with Crippen LogP contribution in [0, 0.1) is 13.8 Å². The first-order valence-corrected chi connectivity index (χ1v) is 11.8. The minimum Gasteiger partial charge on any atom is -0.364 e. The third kappa shape index (κ3) is 6.42. The molecule has 174 valence electrons. The standard InChI is InChI=1S/C19H31N7O3S.HI/c1-5-20-19(21-8-6-18-15(2)22-24(4)16(18)3)25-9-11-26(12-10-25)30(27,28)14-17-7-13-29-23-17;/h7,13H,5-6,8-12,14H2,1-4H3,(H,20,21);1H. The van der Waals surface area contributed by atoms with Crippen LogP contribution in [0.25, 0.3) is 0 Å². The predicted molar refractivity (Wildman–Crippen MR) is 130 cm³/mol. The average molecular weight is 565 g/mol. The second kappa shape index (κ2) is 11.3. The van der Waals surface area contributed by atoms with Gasteiger partial charge in [-0.2, -0.15) is 9.40 Å². The summed E-state index contributed by atoms with van der Waals surface area (Å²) in [5.74, 6) is 0.687. The first-order valence-electron chi connectivity index (χ1n) is 10.2. The molecule has 0 unspecified atom stereocenters. The van der Waals surface area contributed by atoms with E-state index in [1.807, 2.05) is 25.6 Å². The van der Waals surface area contributed by atoms with Crippen LogP contribution >= 0.6 is 24.0 Å². The fourth-order valence-electron chi connectivity index (χ4n) is 3.65. The maximum absolute atomic E-state index is 12.6. The predicted octanol–water partition coefficient (Wildman–Crippen LogP) is 1.30. The van der Waals surface area contributed by atoms with Crippen molar-refractivity contribution in [2.45, 2.75) is 32.9 Å². The van der Waals surface area contributed by atoms with Crippen molar-refractivity contribution < 1.29 is 12.9 Å². The summed E-state index contributed by atoms with van der Waals surface area (Å²) < 4.78 is 33.4. The Morgan fingerprint density at radius 3 is 2.52 bits per heavy atom. The third-order valence-electron chi connectivity index (χ3n) is 5.37. The molecule has 1 N–H and O–H groups in total. The molecule has 2 aromatic heterocycles. The van der Waals surface area contributed by atoms with Gasteiger partial charge < -0.3 is 14.7 Å². The van der Waals surface area contributed by atoms with E-state index >= 15 is 0 Å². The lowest BCUT2D eigenvalue weighted by Crippen LogP contribution is -2.54. The molecule has 1 aliphatic heterocycles. The molecule has 0 spiro atoms. The minimum atomic E-state index is -3.41. The minimum absolute atomic E-state index is 0. The summed E-state index contributed by atoms with van der Waals surface area (Å²) in [4.78, 5) is 6.90. The van der Waals surface area contributed by atoms with Crippen molar-refractivity contribution in [3.8, 4) is 0 Å². The summed E-state index contributed by atoms with van der Waals surface area (Å²) in [7, 11) is -1.46. The molecule has 10 nitrogen and oxygen atoms in total. The van der Waals surface area contributed by atoms with Gasteiger partial charge in [0.25, 0.3) is 0 Å². The molecule has 0 radical (unpaired) electrons. The van der Waals surface area contributed by atoms with Crippen molar-refractivity contribution in [3.05, 3.63) is 35.0 Å². The molecule has 1 saturated heterocycles. The Balaban J connectivity index is 0.00000341. The number of nitrogens with zero attached hydrogens (tertiary/aromatic N) is 6. The van der Waals surface area contributed by atoms with E-state index in [1.165, 1.54) is 21.8 Å². The van der Waals surface area contributed by atoms with E-state index in [2.05, 4.69) is 27.4 Å². The number of aliphatic imine (C=N–C) groups is 1. The highest BCUT2D eigenvalue weighted by Gasteiger charge is 2.29. The van der Waals surface area contributed by atoms with E-state index in [0.29, 0.717) is 38.4 Å². The molecule has 0 bridgehead atoms. The Morgan fingerprint density at radius 2 is 1.97 bits per heavy atom. The number of guanidine groups is 1. The number of sulfonamides is 1. The van der Waals surface area contributed by atoms with E-state index in [1.54, 1.807) is 6.07 Å². The highest BCUT2D eigenvalue weighted by Crippen LogP contribution is 2.14. The Morgan fingerprint density at radius 1 is 1.26 bits per heavy atom. The van der Waals surface area contributed by atoms with Crippen LogP contribution < -0.4 is 5.32 Å². The molecule has 12 heteroatoms. The lowest BCUT2D eigenvalue weighted by molar-refractivity contribution is 0.260. The number of aromatic nitrogens is 3. The molecule has 3 heterocycles. The summed E-state index contributed by atoms with van der Waals surface area (Å²) in [5, 5.41) is 11.5.